The Labute approximate surface area is 195 Å². The van der Waals surface area contributed by atoms with Gasteiger partial charge in [-0.15, -0.1) is 10.2 Å². The van der Waals surface area contributed by atoms with Gasteiger partial charge in [0.25, 0.3) is 10.1 Å². The van der Waals surface area contributed by atoms with Gasteiger partial charge in [-0.1, -0.05) is 55.0 Å². The third kappa shape index (κ3) is 5.76. The van der Waals surface area contributed by atoms with E-state index in [0.29, 0.717) is 0 Å². The standard InChI is InChI=1S/C18H22N4.C7H8O3S/c1-2-21-10-15-12-22(13-16(15)11-21)18-9-8-17(19-20-18)14-6-4-3-5-7-14;1-6-2-4-7(5-3-6)11(8,9)10/h3-9,15-16H,2,10-13H2,1H3;2-5H,1H3,(H,8,9,10)/t15-,16+;. The number of aryl methyl sites for hydroxylation is 1. The highest BCUT2D eigenvalue weighted by atomic mass is 32.2. The fourth-order valence-corrected chi connectivity index (χ4v) is 4.98. The topological polar surface area (TPSA) is 86.6 Å². The average molecular weight is 467 g/mol. The molecule has 2 fully saturated rings. The van der Waals surface area contributed by atoms with Crippen molar-refractivity contribution >= 4 is 15.9 Å². The number of benzene rings is 2. The predicted octanol–water partition coefficient (Wildman–Crippen LogP) is 3.77. The summed E-state index contributed by atoms with van der Waals surface area (Å²) >= 11 is 0. The summed E-state index contributed by atoms with van der Waals surface area (Å²) in [6.45, 7) is 10.0. The molecule has 0 amide bonds. The third-order valence-corrected chi connectivity index (χ3v) is 7.24. The van der Waals surface area contributed by atoms with Gasteiger partial charge in [-0.3, -0.25) is 4.55 Å². The molecule has 2 atom stereocenters. The lowest BCUT2D eigenvalue weighted by Crippen LogP contribution is -2.29. The monoisotopic (exact) mass is 466 g/mol. The molecule has 3 aromatic rings. The summed E-state index contributed by atoms with van der Waals surface area (Å²) in [5.41, 5.74) is 3.02. The largest absolute Gasteiger partial charge is 0.354 e. The van der Waals surface area contributed by atoms with Gasteiger partial charge in [0.2, 0.25) is 0 Å². The third-order valence-electron chi connectivity index (χ3n) is 6.37. The van der Waals surface area contributed by atoms with Crippen molar-refractivity contribution in [2.24, 2.45) is 11.8 Å². The Bertz CT molecular complexity index is 1140. The van der Waals surface area contributed by atoms with Crippen molar-refractivity contribution in [2.75, 3.05) is 37.6 Å². The van der Waals surface area contributed by atoms with E-state index in [-0.39, 0.29) is 4.90 Å². The first-order valence-electron chi connectivity index (χ1n) is 11.2. The van der Waals surface area contributed by atoms with Crippen LogP contribution in [0.1, 0.15) is 12.5 Å². The van der Waals surface area contributed by atoms with E-state index < -0.39 is 10.1 Å². The van der Waals surface area contributed by atoms with E-state index in [4.69, 9.17) is 4.55 Å². The summed E-state index contributed by atoms with van der Waals surface area (Å²) in [5.74, 6) is 2.63. The quantitative estimate of drug-likeness (QED) is 0.586. The first-order valence-corrected chi connectivity index (χ1v) is 12.7. The second kappa shape index (κ2) is 9.99. The molecule has 0 radical (unpaired) electrons. The van der Waals surface area contributed by atoms with Crippen LogP contribution >= 0.6 is 0 Å². The van der Waals surface area contributed by atoms with Crippen LogP contribution < -0.4 is 4.90 Å². The minimum absolute atomic E-state index is 0.0666. The summed E-state index contributed by atoms with van der Waals surface area (Å²) < 4.78 is 29.6. The first-order chi connectivity index (χ1) is 15.8. The maximum Gasteiger partial charge on any atom is 0.294 e. The molecule has 0 spiro atoms. The van der Waals surface area contributed by atoms with Gasteiger partial charge in [-0.05, 0) is 49.6 Å². The molecule has 0 unspecified atom stereocenters. The molecule has 8 heteroatoms. The molecular weight excluding hydrogens is 436 g/mol. The van der Waals surface area contributed by atoms with Crippen LogP contribution in [-0.2, 0) is 10.1 Å². The van der Waals surface area contributed by atoms with Gasteiger partial charge in [0.15, 0.2) is 5.82 Å². The van der Waals surface area contributed by atoms with E-state index in [1.165, 1.54) is 31.8 Å². The Balaban J connectivity index is 0.000000200. The van der Waals surface area contributed by atoms with Gasteiger partial charge >= 0.3 is 0 Å². The molecular formula is C25H30N4O3S. The molecule has 2 aromatic carbocycles. The van der Waals surface area contributed by atoms with Crippen LogP contribution in [0.4, 0.5) is 5.82 Å². The van der Waals surface area contributed by atoms with Gasteiger partial charge in [-0.25, -0.2) is 0 Å². The van der Waals surface area contributed by atoms with Gasteiger partial charge in [0.1, 0.15) is 0 Å². The minimum Gasteiger partial charge on any atom is -0.354 e. The lowest BCUT2D eigenvalue weighted by Gasteiger charge is -2.21. The molecule has 2 saturated heterocycles. The SMILES string of the molecule is CCN1C[C@@H]2CN(c3ccc(-c4ccccc4)nn3)C[C@@H]2C1.Cc1ccc(S(=O)(=O)O)cc1. The van der Waals surface area contributed by atoms with E-state index in [2.05, 4.69) is 51.2 Å². The number of hydrogen-bond acceptors (Lipinski definition) is 6. The molecule has 7 nitrogen and oxygen atoms in total. The van der Waals surface area contributed by atoms with Crippen molar-refractivity contribution in [3.05, 3.63) is 72.3 Å². The highest BCUT2D eigenvalue weighted by molar-refractivity contribution is 7.85. The molecule has 33 heavy (non-hydrogen) atoms. The minimum atomic E-state index is -4.02. The van der Waals surface area contributed by atoms with Crippen LogP contribution in [0.25, 0.3) is 11.3 Å². The van der Waals surface area contributed by atoms with Gasteiger partial charge in [-0.2, -0.15) is 8.42 Å². The van der Waals surface area contributed by atoms with Gasteiger partial charge in [0.05, 0.1) is 10.6 Å². The van der Waals surface area contributed by atoms with Crippen LogP contribution in [0.5, 0.6) is 0 Å². The molecule has 3 heterocycles. The number of nitrogens with zero attached hydrogens (tertiary/aromatic N) is 4. The summed E-state index contributed by atoms with van der Waals surface area (Å²) in [6.07, 6.45) is 0. The Morgan fingerprint density at radius 3 is 2.03 bits per heavy atom. The second-order valence-electron chi connectivity index (χ2n) is 8.71. The van der Waals surface area contributed by atoms with Gasteiger partial charge in [0, 0.05) is 31.7 Å². The molecule has 2 aliphatic rings. The lowest BCUT2D eigenvalue weighted by molar-refractivity contribution is 0.334. The number of aromatic nitrogens is 2. The number of anilines is 1. The fraction of sp³-hybridized carbons (Fsp3) is 0.360. The summed E-state index contributed by atoms with van der Waals surface area (Å²) in [4.78, 5) is 4.91. The molecule has 1 aromatic heterocycles. The van der Waals surface area contributed by atoms with Crippen LogP contribution in [-0.4, -0.2) is 60.8 Å². The summed E-state index contributed by atoms with van der Waals surface area (Å²) in [5, 5.41) is 8.88. The van der Waals surface area contributed by atoms with E-state index >= 15 is 0 Å². The van der Waals surface area contributed by atoms with Crippen molar-refractivity contribution < 1.29 is 13.0 Å². The lowest BCUT2D eigenvalue weighted by atomic mass is 10.0. The Morgan fingerprint density at radius 2 is 1.52 bits per heavy atom. The van der Waals surface area contributed by atoms with Crippen molar-refractivity contribution in [1.82, 2.24) is 15.1 Å². The van der Waals surface area contributed by atoms with E-state index in [1.807, 2.05) is 25.1 Å². The second-order valence-corrected chi connectivity index (χ2v) is 10.1. The van der Waals surface area contributed by atoms with E-state index in [1.54, 1.807) is 12.1 Å². The van der Waals surface area contributed by atoms with Crippen molar-refractivity contribution in [3.8, 4) is 11.3 Å². The van der Waals surface area contributed by atoms with Gasteiger partial charge < -0.3 is 9.80 Å². The van der Waals surface area contributed by atoms with E-state index in [9.17, 15) is 8.42 Å². The van der Waals surface area contributed by atoms with Crippen molar-refractivity contribution in [1.29, 1.82) is 0 Å². The zero-order chi connectivity index (χ0) is 23.4. The summed E-state index contributed by atoms with van der Waals surface area (Å²) in [7, 11) is -4.02. The van der Waals surface area contributed by atoms with Crippen LogP contribution in [0.15, 0.2) is 71.6 Å². The highest BCUT2D eigenvalue weighted by Gasteiger charge is 2.39. The molecule has 5 rings (SSSR count). The molecule has 0 saturated carbocycles. The average Bonchev–Trinajstić information content (AvgIpc) is 3.39. The first kappa shape index (κ1) is 23.4. The predicted molar refractivity (Wildman–Crippen MR) is 130 cm³/mol. The molecule has 2 aliphatic heterocycles. The Hall–Kier alpha value is -2.81. The van der Waals surface area contributed by atoms with Crippen LogP contribution in [0.2, 0.25) is 0 Å². The number of fused-ring (bicyclic) bond motifs is 1. The zero-order valence-corrected chi connectivity index (χ0v) is 19.8. The highest BCUT2D eigenvalue weighted by Crippen LogP contribution is 2.33. The zero-order valence-electron chi connectivity index (χ0n) is 19.0. The van der Waals surface area contributed by atoms with Crippen molar-refractivity contribution in [3.63, 3.8) is 0 Å². The van der Waals surface area contributed by atoms with E-state index in [0.717, 1.165) is 47.6 Å². The molecule has 0 bridgehead atoms. The number of rotatable bonds is 4. The normalized spacial score (nSPS) is 20.3. The van der Waals surface area contributed by atoms with Crippen LogP contribution in [0, 0.1) is 18.8 Å². The van der Waals surface area contributed by atoms with Crippen molar-refractivity contribution in [2.45, 2.75) is 18.7 Å². The smallest absolute Gasteiger partial charge is 0.294 e. The molecule has 174 valence electrons. The summed E-state index contributed by atoms with van der Waals surface area (Å²) in [6, 6.07) is 20.4. The number of hydrogen-bond donors (Lipinski definition) is 1. The fourth-order valence-electron chi connectivity index (χ4n) is 4.50. The Kier molecular flexibility index (Phi) is 7.07. The number of likely N-dealkylation sites (tertiary alicyclic amines) is 1. The molecule has 0 aliphatic carbocycles. The molecule has 1 N–H and O–H groups in total. The maximum atomic E-state index is 10.5. The maximum absolute atomic E-state index is 10.5. The Morgan fingerprint density at radius 1 is 0.879 bits per heavy atom. The van der Waals surface area contributed by atoms with Crippen LogP contribution in [0.3, 0.4) is 0 Å².